The van der Waals surface area contributed by atoms with Crippen molar-refractivity contribution in [2.24, 2.45) is 0 Å². The molecular formula is C16H19O4P. The summed E-state index contributed by atoms with van der Waals surface area (Å²) in [7, 11) is -1.99. The van der Waals surface area contributed by atoms with E-state index in [2.05, 4.69) is 0 Å². The van der Waals surface area contributed by atoms with Gasteiger partial charge in [-0.2, -0.15) is 0 Å². The van der Waals surface area contributed by atoms with E-state index in [-0.39, 0.29) is 0 Å². The van der Waals surface area contributed by atoms with E-state index in [9.17, 15) is 4.57 Å². The number of methoxy groups -OCH3 is 1. The first-order chi connectivity index (χ1) is 10.2. The predicted octanol–water partition coefficient (Wildman–Crippen LogP) is 4.72. The highest BCUT2D eigenvalue weighted by atomic mass is 31.2. The molecule has 0 bridgehead atoms. The fraction of sp³-hybridized carbons (Fsp3) is 0.250. The van der Waals surface area contributed by atoms with Crippen LogP contribution < -0.4 is 9.05 Å². The molecule has 0 saturated carbocycles. The van der Waals surface area contributed by atoms with Gasteiger partial charge in [0.2, 0.25) is 0 Å². The normalized spacial score (nSPS) is 12.7. The van der Waals surface area contributed by atoms with Gasteiger partial charge in [-0.1, -0.05) is 43.3 Å². The van der Waals surface area contributed by atoms with Crippen LogP contribution in [0.3, 0.4) is 0 Å². The summed E-state index contributed by atoms with van der Waals surface area (Å²) in [5, 5.41) is 0. The van der Waals surface area contributed by atoms with Crippen LogP contribution >= 0.6 is 7.60 Å². The van der Waals surface area contributed by atoms with Gasteiger partial charge < -0.3 is 13.8 Å². The lowest BCUT2D eigenvalue weighted by Gasteiger charge is -2.25. The van der Waals surface area contributed by atoms with Gasteiger partial charge in [0.25, 0.3) is 0 Å². The Morgan fingerprint density at radius 3 is 1.67 bits per heavy atom. The Morgan fingerprint density at radius 1 is 0.905 bits per heavy atom. The molecule has 21 heavy (non-hydrogen) atoms. The summed E-state index contributed by atoms with van der Waals surface area (Å²) in [5.74, 6) is 0.359. The van der Waals surface area contributed by atoms with Gasteiger partial charge in [0, 0.05) is 7.11 Å². The third kappa shape index (κ3) is 4.10. The van der Waals surface area contributed by atoms with Crippen LogP contribution in [-0.2, 0) is 9.30 Å². The van der Waals surface area contributed by atoms with Gasteiger partial charge in [-0.3, -0.25) is 0 Å². The second kappa shape index (κ2) is 7.30. The Balaban J connectivity index is 2.28. The van der Waals surface area contributed by atoms with Crippen LogP contribution in [0, 0.1) is 0 Å². The maximum absolute atomic E-state index is 13.1. The molecule has 0 aromatic heterocycles. The van der Waals surface area contributed by atoms with Crippen LogP contribution in [0.1, 0.15) is 13.3 Å². The highest BCUT2D eigenvalue weighted by Crippen LogP contribution is 2.54. The molecule has 0 heterocycles. The summed E-state index contributed by atoms with van der Waals surface area (Å²) < 4.78 is 29.8. The molecule has 0 radical (unpaired) electrons. The summed E-state index contributed by atoms with van der Waals surface area (Å²) in [6, 6.07) is 17.9. The van der Waals surface area contributed by atoms with Crippen molar-refractivity contribution in [3.63, 3.8) is 0 Å². The predicted molar refractivity (Wildman–Crippen MR) is 82.8 cm³/mol. The van der Waals surface area contributed by atoms with Gasteiger partial charge in [-0.25, -0.2) is 4.57 Å². The van der Waals surface area contributed by atoms with Crippen molar-refractivity contribution in [2.75, 3.05) is 7.11 Å². The molecule has 2 aromatic rings. The Morgan fingerprint density at radius 2 is 1.33 bits per heavy atom. The number of rotatable bonds is 7. The highest BCUT2D eigenvalue weighted by molar-refractivity contribution is 7.55. The van der Waals surface area contributed by atoms with Crippen LogP contribution in [-0.4, -0.2) is 13.0 Å². The van der Waals surface area contributed by atoms with Crippen LogP contribution in [0.4, 0.5) is 0 Å². The summed E-state index contributed by atoms with van der Waals surface area (Å²) >= 11 is 0. The van der Waals surface area contributed by atoms with Crippen molar-refractivity contribution in [1.29, 1.82) is 0 Å². The second-order valence-electron chi connectivity index (χ2n) is 4.45. The van der Waals surface area contributed by atoms with Crippen molar-refractivity contribution >= 4 is 7.60 Å². The minimum Gasteiger partial charge on any atom is -0.414 e. The van der Waals surface area contributed by atoms with Gasteiger partial charge in [-0.15, -0.1) is 0 Å². The molecule has 2 aromatic carbocycles. The number of hydrogen-bond donors (Lipinski definition) is 0. The van der Waals surface area contributed by atoms with E-state index in [4.69, 9.17) is 13.8 Å². The van der Waals surface area contributed by atoms with Gasteiger partial charge in [0.1, 0.15) is 11.5 Å². The molecule has 0 amide bonds. The van der Waals surface area contributed by atoms with Crippen LogP contribution in [0.25, 0.3) is 0 Å². The average Bonchev–Trinajstić information content (AvgIpc) is 2.50. The molecule has 0 N–H and O–H groups in total. The Labute approximate surface area is 125 Å². The van der Waals surface area contributed by atoms with Crippen LogP contribution in [0.5, 0.6) is 11.5 Å². The third-order valence-corrected chi connectivity index (χ3v) is 5.14. The molecule has 4 nitrogen and oxygen atoms in total. The van der Waals surface area contributed by atoms with E-state index in [1.54, 1.807) is 24.3 Å². The highest BCUT2D eigenvalue weighted by Gasteiger charge is 2.38. The van der Waals surface area contributed by atoms with Crippen LogP contribution in [0.15, 0.2) is 60.7 Å². The zero-order valence-corrected chi connectivity index (χ0v) is 13.0. The first-order valence-corrected chi connectivity index (χ1v) is 8.41. The number of ether oxygens (including phenoxy) is 1. The first-order valence-electron chi connectivity index (χ1n) is 6.79. The summed E-state index contributed by atoms with van der Waals surface area (Å²) in [4.78, 5) is 0. The standard InChI is InChI=1S/C16H19O4P/c1-3-16(18-2)21(17,19-14-10-6-4-7-11-14)20-15-12-8-5-9-13-15/h4-13,16H,3H2,1-2H3. The lowest BCUT2D eigenvalue weighted by atomic mass is 10.3. The topological polar surface area (TPSA) is 44.8 Å². The Hall–Kier alpha value is -1.77. The van der Waals surface area contributed by atoms with E-state index in [0.717, 1.165) is 0 Å². The van der Waals surface area contributed by atoms with Gasteiger partial charge >= 0.3 is 7.60 Å². The maximum Gasteiger partial charge on any atom is 0.459 e. The fourth-order valence-electron chi connectivity index (χ4n) is 1.91. The van der Waals surface area contributed by atoms with Crippen LogP contribution in [0.2, 0.25) is 0 Å². The molecule has 0 saturated heterocycles. The van der Waals surface area contributed by atoms with Gasteiger partial charge in [0.15, 0.2) is 5.85 Å². The molecule has 5 heteroatoms. The number of hydrogen-bond acceptors (Lipinski definition) is 4. The lowest BCUT2D eigenvalue weighted by molar-refractivity contribution is 0.137. The number of para-hydroxylation sites is 2. The van der Waals surface area contributed by atoms with E-state index in [1.165, 1.54) is 7.11 Å². The van der Waals surface area contributed by atoms with E-state index in [1.807, 2.05) is 43.3 Å². The molecule has 1 unspecified atom stereocenters. The van der Waals surface area contributed by atoms with Crippen molar-refractivity contribution in [1.82, 2.24) is 0 Å². The molecule has 0 aliphatic carbocycles. The van der Waals surface area contributed by atoms with Gasteiger partial charge in [0.05, 0.1) is 0 Å². The molecule has 2 rings (SSSR count). The van der Waals surface area contributed by atoms with Crippen molar-refractivity contribution in [3.8, 4) is 11.5 Å². The minimum atomic E-state index is -3.50. The SMILES string of the molecule is CCC(OC)P(=O)(Oc1ccccc1)Oc1ccccc1. The molecule has 0 spiro atoms. The van der Waals surface area contributed by atoms with Gasteiger partial charge in [-0.05, 0) is 30.7 Å². The molecule has 1 atom stereocenters. The lowest BCUT2D eigenvalue weighted by Crippen LogP contribution is -2.18. The maximum atomic E-state index is 13.1. The summed E-state index contributed by atoms with van der Waals surface area (Å²) in [6.45, 7) is 1.88. The summed E-state index contributed by atoms with van der Waals surface area (Å²) in [6.07, 6.45) is 0.521. The summed E-state index contributed by atoms with van der Waals surface area (Å²) in [5.41, 5.74) is 0. The molecule has 112 valence electrons. The van der Waals surface area contributed by atoms with Crippen molar-refractivity contribution < 1.29 is 18.3 Å². The molecule has 0 aliphatic heterocycles. The van der Waals surface area contributed by atoms with Crippen molar-refractivity contribution in [3.05, 3.63) is 60.7 Å². The molecule has 0 fully saturated rings. The first kappa shape index (κ1) is 15.6. The van der Waals surface area contributed by atoms with E-state index in [0.29, 0.717) is 17.9 Å². The fourth-order valence-corrected chi connectivity index (χ4v) is 3.72. The zero-order chi connectivity index (χ0) is 15.1. The molecular weight excluding hydrogens is 287 g/mol. The van der Waals surface area contributed by atoms with E-state index >= 15 is 0 Å². The zero-order valence-electron chi connectivity index (χ0n) is 12.1. The minimum absolute atomic E-state index is 0.493. The van der Waals surface area contributed by atoms with Crippen molar-refractivity contribution in [2.45, 2.75) is 19.2 Å². The largest absolute Gasteiger partial charge is 0.459 e. The third-order valence-electron chi connectivity index (χ3n) is 2.93. The second-order valence-corrected chi connectivity index (χ2v) is 6.47. The van der Waals surface area contributed by atoms with E-state index < -0.39 is 13.4 Å². The Kier molecular flexibility index (Phi) is 5.43. The quantitative estimate of drug-likeness (QED) is 0.694. The number of benzene rings is 2. The monoisotopic (exact) mass is 306 g/mol. The Bertz CT molecular complexity index is 536. The molecule has 0 aliphatic rings. The smallest absolute Gasteiger partial charge is 0.414 e. The average molecular weight is 306 g/mol.